The van der Waals surface area contributed by atoms with Gasteiger partial charge in [-0.1, -0.05) is 35.9 Å². The number of nitriles is 1. The summed E-state index contributed by atoms with van der Waals surface area (Å²) >= 11 is 0. The lowest BCUT2D eigenvalue weighted by Crippen LogP contribution is -2.35. The second-order valence-corrected chi connectivity index (χ2v) is 7.88. The molecule has 0 saturated carbocycles. The van der Waals surface area contributed by atoms with E-state index in [-0.39, 0.29) is 5.91 Å². The van der Waals surface area contributed by atoms with Gasteiger partial charge in [-0.05, 0) is 54.4 Å². The summed E-state index contributed by atoms with van der Waals surface area (Å²) in [5.41, 5.74) is 8.12. The van der Waals surface area contributed by atoms with Gasteiger partial charge in [0.1, 0.15) is 0 Å². The highest BCUT2D eigenvalue weighted by atomic mass is 16.2. The van der Waals surface area contributed by atoms with E-state index < -0.39 is 0 Å². The molecule has 0 atom stereocenters. The molecule has 0 fully saturated rings. The first kappa shape index (κ1) is 18.2. The summed E-state index contributed by atoms with van der Waals surface area (Å²) in [6.07, 6.45) is 0.820. The van der Waals surface area contributed by atoms with E-state index in [1.807, 2.05) is 60.4 Å². The maximum atomic E-state index is 13.0. The Labute approximate surface area is 175 Å². The Bertz CT molecular complexity index is 1310. The zero-order chi connectivity index (χ0) is 20.7. The monoisotopic (exact) mass is 391 g/mol. The summed E-state index contributed by atoms with van der Waals surface area (Å²) in [6, 6.07) is 24.0. The summed E-state index contributed by atoms with van der Waals surface area (Å²) in [7, 11) is 0. The minimum absolute atomic E-state index is 0.0767. The highest BCUT2D eigenvalue weighted by Crippen LogP contribution is 2.32. The number of nitrogens with one attached hydrogen (secondary N) is 1. The number of nitrogens with zero attached hydrogens (tertiary/aromatic N) is 2. The van der Waals surface area contributed by atoms with Crippen molar-refractivity contribution in [1.29, 1.82) is 5.26 Å². The normalized spacial score (nSPS) is 13.1. The fourth-order valence-corrected chi connectivity index (χ4v) is 4.21. The van der Waals surface area contributed by atoms with Gasteiger partial charge in [0.05, 0.1) is 11.6 Å². The number of hydrogen-bond donors (Lipinski definition) is 1. The van der Waals surface area contributed by atoms with E-state index in [1.54, 1.807) is 0 Å². The molecule has 3 aromatic carbocycles. The number of aromatic amines is 1. The van der Waals surface area contributed by atoms with Gasteiger partial charge in [-0.2, -0.15) is 5.26 Å². The molecule has 2 heterocycles. The van der Waals surface area contributed by atoms with Crippen molar-refractivity contribution in [1.82, 2.24) is 9.88 Å². The van der Waals surface area contributed by atoms with E-state index in [1.165, 1.54) is 11.3 Å². The number of hydrogen-bond acceptors (Lipinski definition) is 2. The molecule has 5 rings (SSSR count). The second-order valence-electron chi connectivity index (χ2n) is 7.88. The number of amides is 1. The number of fused-ring (bicyclic) bond motifs is 3. The van der Waals surface area contributed by atoms with E-state index >= 15 is 0 Å². The van der Waals surface area contributed by atoms with E-state index in [9.17, 15) is 10.1 Å². The number of aromatic nitrogens is 1. The van der Waals surface area contributed by atoms with Crippen LogP contribution in [0.25, 0.3) is 22.0 Å². The number of carbonyl (C=O) groups is 1. The molecule has 1 N–H and O–H groups in total. The van der Waals surface area contributed by atoms with E-state index in [0.29, 0.717) is 18.7 Å². The molecule has 0 spiro atoms. The van der Waals surface area contributed by atoms with Gasteiger partial charge in [-0.15, -0.1) is 0 Å². The minimum Gasteiger partial charge on any atom is -0.358 e. The molecule has 30 heavy (non-hydrogen) atoms. The van der Waals surface area contributed by atoms with Gasteiger partial charge < -0.3 is 9.88 Å². The Hall–Kier alpha value is -3.84. The average molecular weight is 391 g/mol. The number of H-pyrrole nitrogens is 1. The van der Waals surface area contributed by atoms with Gasteiger partial charge in [-0.25, -0.2) is 0 Å². The summed E-state index contributed by atoms with van der Waals surface area (Å²) in [4.78, 5) is 18.5. The number of carbonyl (C=O) groups excluding carboxylic acids is 1. The Kier molecular flexibility index (Phi) is 4.37. The van der Waals surface area contributed by atoms with Gasteiger partial charge in [0.2, 0.25) is 0 Å². The van der Waals surface area contributed by atoms with Crippen molar-refractivity contribution in [2.45, 2.75) is 19.9 Å². The molecule has 0 radical (unpaired) electrons. The summed E-state index contributed by atoms with van der Waals surface area (Å²) < 4.78 is 0. The first-order chi connectivity index (χ1) is 14.6. The van der Waals surface area contributed by atoms with Crippen LogP contribution in [0.1, 0.15) is 32.7 Å². The lowest BCUT2D eigenvalue weighted by Gasteiger charge is -2.27. The Morgan fingerprint density at radius 2 is 1.83 bits per heavy atom. The van der Waals surface area contributed by atoms with Crippen molar-refractivity contribution in [3.63, 3.8) is 0 Å². The SMILES string of the molecule is Cc1ccc(C(=O)N2CCc3[nH]c4ccc(-c5cccc(C#N)c5)cc4c3C2)cc1. The lowest BCUT2D eigenvalue weighted by atomic mass is 9.98. The Morgan fingerprint density at radius 3 is 2.63 bits per heavy atom. The highest BCUT2D eigenvalue weighted by Gasteiger charge is 2.25. The first-order valence-electron chi connectivity index (χ1n) is 10.1. The molecule has 1 amide bonds. The third-order valence-electron chi connectivity index (χ3n) is 5.89. The minimum atomic E-state index is 0.0767. The molecule has 1 aliphatic rings. The number of aryl methyl sites for hydroxylation is 1. The zero-order valence-electron chi connectivity index (χ0n) is 16.8. The lowest BCUT2D eigenvalue weighted by molar-refractivity contribution is 0.0735. The molecule has 1 aromatic heterocycles. The molecule has 146 valence electrons. The van der Waals surface area contributed by atoms with Crippen molar-refractivity contribution >= 4 is 16.8 Å². The van der Waals surface area contributed by atoms with Crippen LogP contribution in [-0.4, -0.2) is 22.3 Å². The molecule has 1 aliphatic heterocycles. The van der Waals surface area contributed by atoms with Crippen molar-refractivity contribution < 1.29 is 4.79 Å². The maximum Gasteiger partial charge on any atom is 0.254 e. The smallest absolute Gasteiger partial charge is 0.254 e. The first-order valence-corrected chi connectivity index (χ1v) is 10.1. The van der Waals surface area contributed by atoms with Crippen molar-refractivity contribution in [3.05, 3.63) is 94.7 Å². The standard InChI is InChI=1S/C26H21N3O/c1-17-5-7-19(8-6-17)26(30)29-12-11-25-23(16-29)22-14-21(9-10-24(22)28-25)20-4-2-3-18(13-20)15-27/h2-10,13-14,28H,11-12,16H2,1H3. The van der Waals surface area contributed by atoms with Crippen LogP contribution in [0.15, 0.2) is 66.7 Å². The molecular formula is C26H21N3O. The fourth-order valence-electron chi connectivity index (χ4n) is 4.21. The van der Waals surface area contributed by atoms with Crippen LogP contribution < -0.4 is 0 Å². The van der Waals surface area contributed by atoms with E-state index in [4.69, 9.17) is 0 Å². The van der Waals surface area contributed by atoms with Crippen LogP contribution in [-0.2, 0) is 13.0 Å². The van der Waals surface area contributed by atoms with Crippen molar-refractivity contribution in [2.75, 3.05) is 6.54 Å². The molecule has 4 heteroatoms. The largest absolute Gasteiger partial charge is 0.358 e. The predicted octanol–water partition coefficient (Wildman–Crippen LogP) is 5.21. The van der Waals surface area contributed by atoms with Crippen LogP contribution in [0, 0.1) is 18.3 Å². The molecule has 4 aromatic rings. The third kappa shape index (κ3) is 3.15. The predicted molar refractivity (Wildman–Crippen MR) is 118 cm³/mol. The van der Waals surface area contributed by atoms with Crippen LogP contribution in [0.3, 0.4) is 0 Å². The zero-order valence-corrected chi connectivity index (χ0v) is 16.8. The van der Waals surface area contributed by atoms with Crippen LogP contribution >= 0.6 is 0 Å². The Balaban J connectivity index is 1.50. The summed E-state index contributed by atoms with van der Waals surface area (Å²) in [5.74, 6) is 0.0767. The van der Waals surface area contributed by atoms with Gasteiger partial charge in [0.15, 0.2) is 0 Å². The quantitative estimate of drug-likeness (QED) is 0.510. The van der Waals surface area contributed by atoms with Crippen molar-refractivity contribution in [3.8, 4) is 17.2 Å². The van der Waals surface area contributed by atoms with Crippen LogP contribution in [0.4, 0.5) is 0 Å². The molecular weight excluding hydrogens is 370 g/mol. The fraction of sp³-hybridized carbons (Fsp3) is 0.154. The molecule has 0 saturated heterocycles. The van der Waals surface area contributed by atoms with E-state index in [2.05, 4.69) is 29.3 Å². The maximum absolute atomic E-state index is 13.0. The van der Waals surface area contributed by atoms with E-state index in [0.717, 1.165) is 39.6 Å². The summed E-state index contributed by atoms with van der Waals surface area (Å²) in [5, 5.41) is 10.3. The van der Waals surface area contributed by atoms with Crippen molar-refractivity contribution in [2.24, 2.45) is 0 Å². The molecule has 0 bridgehead atoms. The van der Waals surface area contributed by atoms with Crippen LogP contribution in [0.2, 0.25) is 0 Å². The third-order valence-corrected chi connectivity index (χ3v) is 5.89. The highest BCUT2D eigenvalue weighted by molar-refractivity contribution is 5.95. The second kappa shape index (κ2) is 7.20. The number of rotatable bonds is 2. The van der Waals surface area contributed by atoms with Gasteiger partial charge in [0.25, 0.3) is 5.91 Å². The van der Waals surface area contributed by atoms with Crippen LogP contribution in [0.5, 0.6) is 0 Å². The molecule has 0 aliphatic carbocycles. The molecule has 4 nitrogen and oxygen atoms in total. The average Bonchev–Trinajstić information content (AvgIpc) is 3.16. The summed E-state index contributed by atoms with van der Waals surface area (Å²) in [6.45, 7) is 3.34. The number of benzene rings is 3. The molecule has 0 unspecified atom stereocenters. The Morgan fingerprint density at radius 1 is 1.03 bits per heavy atom. The van der Waals surface area contributed by atoms with Gasteiger partial charge in [-0.3, -0.25) is 4.79 Å². The van der Waals surface area contributed by atoms with Gasteiger partial charge >= 0.3 is 0 Å². The van der Waals surface area contributed by atoms with Gasteiger partial charge in [0, 0.05) is 47.2 Å². The topological polar surface area (TPSA) is 59.9 Å².